The summed E-state index contributed by atoms with van der Waals surface area (Å²) in [6.45, 7) is 2.57. The fourth-order valence-corrected chi connectivity index (χ4v) is 3.93. The number of imidazole rings is 1. The van der Waals surface area contributed by atoms with Crippen LogP contribution in [0.15, 0.2) is 42.5 Å². The molecule has 3 heterocycles. The monoisotopic (exact) mass is 336 g/mol. The van der Waals surface area contributed by atoms with Crippen LogP contribution in [0.5, 0.6) is 0 Å². The summed E-state index contributed by atoms with van der Waals surface area (Å²) < 4.78 is 8.15. The molecule has 1 N–H and O–H groups in total. The summed E-state index contributed by atoms with van der Waals surface area (Å²) in [5.74, 6) is 2.01. The third-order valence-electron chi connectivity index (χ3n) is 5.26. The molecule has 128 valence electrons. The van der Waals surface area contributed by atoms with Crippen LogP contribution in [0.25, 0.3) is 5.57 Å². The Hall–Kier alpha value is -2.81. The standard InChI is InChI=1S/C19H20N4O2/c1-2-12-9-17(24)22-15(12)11-25-16-5-3-4-13-8-14(10-20)19-21-6-7-23(19)18(13)16/h3-8,12-13,15,18H,2,9,11H2,1H3,(H,22,24)/t12-,13?,15-,18?/m1/s1. The molecule has 4 rings (SSSR count). The van der Waals surface area contributed by atoms with Crippen molar-refractivity contribution in [2.24, 2.45) is 11.8 Å². The lowest BCUT2D eigenvalue weighted by atomic mass is 9.88. The lowest BCUT2D eigenvalue weighted by Crippen LogP contribution is -2.35. The smallest absolute Gasteiger partial charge is 0.220 e. The summed E-state index contributed by atoms with van der Waals surface area (Å²) in [4.78, 5) is 16.0. The molecule has 4 atom stereocenters. The van der Waals surface area contributed by atoms with Gasteiger partial charge < -0.3 is 14.6 Å². The number of hydrogen-bond acceptors (Lipinski definition) is 4. The number of nitriles is 1. The number of nitrogens with zero attached hydrogens (tertiary/aromatic N) is 3. The van der Waals surface area contributed by atoms with E-state index >= 15 is 0 Å². The van der Waals surface area contributed by atoms with Gasteiger partial charge in [-0.25, -0.2) is 4.98 Å². The summed E-state index contributed by atoms with van der Waals surface area (Å²) in [5, 5.41) is 12.4. The van der Waals surface area contributed by atoms with Crippen LogP contribution in [0.3, 0.4) is 0 Å². The number of aromatic nitrogens is 2. The quantitative estimate of drug-likeness (QED) is 0.915. The number of ether oxygens (including phenoxy) is 1. The molecule has 3 aliphatic rings. The van der Waals surface area contributed by atoms with Gasteiger partial charge in [0.2, 0.25) is 5.91 Å². The van der Waals surface area contributed by atoms with Crippen LogP contribution < -0.4 is 5.32 Å². The second-order valence-electron chi connectivity index (χ2n) is 6.68. The SMILES string of the molecule is CC[C@@H]1CC(=O)N[C@@H]1COC1=CC=CC2C=C(C#N)c3nccn3C12. The van der Waals surface area contributed by atoms with Crippen LogP contribution in [0.4, 0.5) is 0 Å². The van der Waals surface area contributed by atoms with E-state index in [4.69, 9.17) is 4.74 Å². The second-order valence-corrected chi connectivity index (χ2v) is 6.68. The zero-order valence-corrected chi connectivity index (χ0v) is 14.1. The van der Waals surface area contributed by atoms with E-state index in [0.29, 0.717) is 30.3 Å². The van der Waals surface area contributed by atoms with Crippen LogP contribution in [-0.4, -0.2) is 28.1 Å². The lowest BCUT2D eigenvalue weighted by Gasteiger charge is -2.33. The van der Waals surface area contributed by atoms with Crippen molar-refractivity contribution >= 4 is 11.5 Å². The summed E-state index contributed by atoms with van der Waals surface area (Å²) in [5.41, 5.74) is 0.589. The van der Waals surface area contributed by atoms with Gasteiger partial charge in [-0.1, -0.05) is 31.6 Å². The fourth-order valence-electron chi connectivity index (χ4n) is 3.93. The number of rotatable bonds is 4. The Labute approximate surface area is 146 Å². The van der Waals surface area contributed by atoms with Gasteiger partial charge in [-0.15, -0.1) is 0 Å². The van der Waals surface area contributed by atoms with E-state index in [0.717, 1.165) is 12.2 Å². The molecule has 0 spiro atoms. The topological polar surface area (TPSA) is 79.9 Å². The first-order valence-electron chi connectivity index (χ1n) is 8.67. The van der Waals surface area contributed by atoms with Crippen molar-refractivity contribution in [1.82, 2.24) is 14.9 Å². The first-order chi connectivity index (χ1) is 12.2. The molecule has 0 saturated carbocycles. The summed E-state index contributed by atoms with van der Waals surface area (Å²) in [6.07, 6.45) is 13.1. The minimum atomic E-state index is -0.0308. The highest BCUT2D eigenvalue weighted by molar-refractivity contribution is 5.79. The maximum absolute atomic E-state index is 11.7. The predicted molar refractivity (Wildman–Crippen MR) is 91.8 cm³/mol. The Morgan fingerprint density at radius 2 is 2.40 bits per heavy atom. The third-order valence-corrected chi connectivity index (χ3v) is 5.26. The molecule has 25 heavy (non-hydrogen) atoms. The number of amides is 1. The Morgan fingerprint density at radius 3 is 3.20 bits per heavy atom. The lowest BCUT2D eigenvalue weighted by molar-refractivity contribution is -0.119. The highest BCUT2D eigenvalue weighted by Gasteiger charge is 2.36. The largest absolute Gasteiger partial charge is 0.494 e. The Balaban J connectivity index is 1.55. The van der Waals surface area contributed by atoms with Crippen molar-refractivity contribution in [2.75, 3.05) is 6.61 Å². The first-order valence-corrected chi connectivity index (χ1v) is 8.67. The van der Waals surface area contributed by atoms with Gasteiger partial charge in [-0.05, 0) is 12.0 Å². The van der Waals surface area contributed by atoms with Crippen molar-refractivity contribution in [3.8, 4) is 6.07 Å². The van der Waals surface area contributed by atoms with Crippen molar-refractivity contribution in [3.63, 3.8) is 0 Å². The van der Waals surface area contributed by atoms with E-state index in [1.165, 1.54) is 0 Å². The maximum atomic E-state index is 11.7. The molecule has 1 aliphatic carbocycles. The van der Waals surface area contributed by atoms with Gasteiger partial charge >= 0.3 is 0 Å². The zero-order valence-electron chi connectivity index (χ0n) is 14.1. The fraction of sp³-hybridized carbons (Fsp3) is 0.421. The van der Waals surface area contributed by atoms with Gasteiger partial charge in [0.25, 0.3) is 0 Å². The number of nitrogens with one attached hydrogen (secondary N) is 1. The van der Waals surface area contributed by atoms with Crippen molar-refractivity contribution < 1.29 is 9.53 Å². The average Bonchev–Trinajstić information content (AvgIpc) is 3.25. The molecular formula is C19H20N4O2. The van der Waals surface area contributed by atoms with Crippen molar-refractivity contribution in [1.29, 1.82) is 5.26 Å². The number of carbonyl (C=O) groups is 1. The van der Waals surface area contributed by atoms with Gasteiger partial charge in [0, 0.05) is 24.7 Å². The Morgan fingerprint density at radius 1 is 1.52 bits per heavy atom. The molecule has 2 aliphatic heterocycles. The molecule has 1 amide bonds. The number of fused-ring (bicyclic) bond motifs is 3. The van der Waals surface area contributed by atoms with Gasteiger partial charge in [-0.2, -0.15) is 5.26 Å². The van der Waals surface area contributed by atoms with Crippen molar-refractivity contribution in [2.45, 2.75) is 31.8 Å². The normalized spacial score (nSPS) is 29.8. The molecule has 1 aromatic rings. The van der Waals surface area contributed by atoms with Gasteiger partial charge in [0.05, 0.1) is 11.6 Å². The molecule has 2 unspecified atom stereocenters. The highest BCUT2D eigenvalue weighted by atomic mass is 16.5. The first kappa shape index (κ1) is 15.7. The van der Waals surface area contributed by atoms with E-state index in [1.54, 1.807) is 6.20 Å². The van der Waals surface area contributed by atoms with Gasteiger partial charge in [-0.3, -0.25) is 4.79 Å². The Bertz CT molecular complexity index is 827. The summed E-state index contributed by atoms with van der Waals surface area (Å²) >= 11 is 0. The molecule has 0 aromatic carbocycles. The summed E-state index contributed by atoms with van der Waals surface area (Å²) in [6, 6.07) is 2.25. The zero-order chi connectivity index (χ0) is 17.4. The van der Waals surface area contributed by atoms with Crippen LogP contribution in [0.1, 0.15) is 31.6 Å². The molecule has 0 bridgehead atoms. The van der Waals surface area contributed by atoms with E-state index in [-0.39, 0.29) is 23.9 Å². The van der Waals surface area contributed by atoms with E-state index in [2.05, 4.69) is 29.4 Å². The molecule has 1 fully saturated rings. The van der Waals surface area contributed by atoms with E-state index < -0.39 is 0 Å². The minimum absolute atomic E-state index is 0.0308. The maximum Gasteiger partial charge on any atom is 0.220 e. The molecule has 6 heteroatoms. The van der Waals surface area contributed by atoms with Crippen molar-refractivity contribution in [3.05, 3.63) is 48.3 Å². The molecular weight excluding hydrogens is 316 g/mol. The van der Waals surface area contributed by atoms with Gasteiger partial charge in [0.15, 0.2) is 5.82 Å². The van der Waals surface area contributed by atoms with E-state index in [9.17, 15) is 10.1 Å². The van der Waals surface area contributed by atoms with E-state index in [1.807, 2.05) is 29.0 Å². The Kier molecular flexibility index (Phi) is 3.92. The number of carbonyl (C=O) groups excluding carboxylic acids is 1. The molecule has 1 saturated heterocycles. The predicted octanol–water partition coefficient (Wildman–Crippen LogP) is 2.35. The number of allylic oxidation sites excluding steroid dienone is 6. The molecule has 1 aromatic heterocycles. The third kappa shape index (κ3) is 2.66. The van der Waals surface area contributed by atoms with Crippen LogP contribution in [0.2, 0.25) is 0 Å². The van der Waals surface area contributed by atoms with Crippen LogP contribution >= 0.6 is 0 Å². The minimum Gasteiger partial charge on any atom is -0.494 e. The molecule has 0 radical (unpaired) electrons. The summed E-state index contributed by atoms with van der Waals surface area (Å²) in [7, 11) is 0. The average molecular weight is 336 g/mol. The van der Waals surface area contributed by atoms with Crippen LogP contribution in [0, 0.1) is 23.2 Å². The van der Waals surface area contributed by atoms with Crippen LogP contribution in [-0.2, 0) is 9.53 Å². The van der Waals surface area contributed by atoms with Gasteiger partial charge in [0.1, 0.15) is 24.5 Å². The highest BCUT2D eigenvalue weighted by Crippen LogP contribution is 2.39. The number of hydrogen-bond donors (Lipinski definition) is 1. The molecule has 6 nitrogen and oxygen atoms in total. The second kappa shape index (κ2) is 6.25.